The minimum absolute atomic E-state index is 0.186. The molecule has 0 bridgehead atoms. The van der Waals surface area contributed by atoms with Crippen LogP contribution in [0.5, 0.6) is 5.75 Å². The Hall–Kier alpha value is -1.98. The quantitative estimate of drug-likeness (QED) is 0.503. The summed E-state index contributed by atoms with van der Waals surface area (Å²) in [5, 5.41) is 0.372. The van der Waals surface area contributed by atoms with Gasteiger partial charge >= 0.3 is 6.18 Å². The van der Waals surface area contributed by atoms with Gasteiger partial charge in [0.1, 0.15) is 12.4 Å². The third kappa shape index (κ3) is 4.53. The van der Waals surface area contributed by atoms with Crippen LogP contribution in [-0.2, 0) is 11.4 Å². The van der Waals surface area contributed by atoms with E-state index in [1.54, 1.807) is 6.92 Å². The molecule has 2 unspecified atom stereocenters. The molecule has 2 aromatic rings. The zero-order chi connectivity index (χ0) is 20.5. The number of rotatable bonds is 4. The Morgan fingerprint density at radius 1 is 1.11 bits per heavy atom. The van der Waals surface area contributed by atoms with Gasteiger partial charge in [0.15, 0.2) is 5.75 Å². The smallest absolute Gasteiger partial charge is 0.412 e. The van der Waals surface area contributed by atoms with E-state index >= 15 is 0 Å². The van der Waals surface area contributed by atoms with Crippen LogP contribution in [0.1, 0.15) is 30.4 Å². The number of benzene rings is 2. The van der Waals surface area contributed by atoms with Gasteiger partial charge in [-0.2, -0.15) is 13.2 Å². The maximum atomic E-state index is 13.1. The lowest BCUT2D eigenvalue weighted by molar-refractivity contribution is -0.127. The number of ketones is 1. The molecule has 0 amide bonds. The van der Waals surface area contributed by atoms with E-state index in [0.717, 1.165) is 11.6 Å². The number of allylic oxidation sites excluding steroid dienone is 2. The van der Waals surface area contributed by atoms with Gasteiger partial charge in [0.05, 0.1) is 10.0 Å². The lowest BCUT2D eigenvalue weighted by Crippen LogP contribution is -2.28. The van der Waals surface area contributed by atoms with Crippen LogP contribution >= 0.6 is 23.2 Å². The molecule has 0 aliphatic heterocycles. The second-order valence-corrected chi connectivity index (χ2v) is 7.55. The molecule has 148 valence electrons. The standard InChI is InChI=1S/C21H17Cl2F3O2/c1-12-16(9-15(10-19(12)27)21(24,25)26)14-7-17(22)20(18(23)8-14)28-11-13-5-3-2-4-6-13/h2-9,12,16H,10-11H2,1H3. The molecule has 0 saturated carbocycles. The normalized spacial score (nSPS) is 20.1. The zero-order valence-electron chi connectivity index (χ0n) is 14.9. The summed E-state index contributed by atoms with van der Waals surface area (Å²) < 4.78 is 45.1. The van der Waals surface area contributed by atoms with Gasteiger partial charge in [0.2, 0.25) is 0 Å². The molecule has 2 nitrogen and oxygen atoms in total. The summed E-state index contributed by atoms with van der Waals surface area (Å²) in [7, 11) is 0. The first-order chi connectivity index (χ1) is 13.2. The first kappa shape index (κ1) is 20.7. The number of Topliss-reactive ketones (excluding diaryl/α,β-unsaturated/α-hetero) is 1. The van der Waals surface area contributed by atoms with Crippen molar-refractivity contribution in [2.75, 3.05) is 0 Å². The second kappa shape index (κ2) is 8.18. The van der Waals surface area contributed by atoms with Crippen LogP contribution in [-0.4, -0.2) is 12.0 Å². The van der Waals surface area contributed by atoms with E-state index in [2.05, 4.69) is 0 Å². The third-order valence-corrected chi connectivity index (χ3v) is 5.35. The SMILES string of the molecule is CC1C(=O)CC(C(F)(F)F)=CC1c1cc(Cl)c(OCc2ccccc2)c(Cl)c1. The molecule has 1 aliphatic carbocycles. The molecule has 2 aromatic carbocycles. The highest BCUT2D eigenvalue weighted by atomic mass is 35.5. The summed E-state index contributed by atoms with van der Waals surface area (Å²) >= 11 is 12.6. The Labute approximate surface area is 170 Å². The fourth-order valence-electron chi connectivity index (χ4n) is 3.19. The Balaban J connectivity index is 1.89. The van der Waals surface area contributed by atoms with E-state index < -0.39 is 35.8 Å². The van der Waals surface area contributed by atoms with Crippen LogP contribution in [0.3, 0.4) is 0 Å². The molecule has 0 spiro atoms. The van der Waals surface area contributed by atoms with Crippen LogP contribution in [0, 0.1) is 5.92 Å². The van der Waals surface area contributed by atoms with Crippen molar-refractivity contribution >= 4 is 29.0 Å². The van der Waals surface area contributed by atoms with Gasteiger partial charge < -0.3 is 4.74 Å². The van der Waals surface area contributed by atoms with Gasteiger partial charge in [0, 0.05) is 23.8 Å². The van der Waals surface area contributed by atoms with Gasteiger partial charge in [-0.05, 0) is 23.3 Å². The molecule has 7 heteroatoms. The van der Waals surface area contributed by atoms with E-state index in [1.165, 1.54) is 12.1 Å². The lowest BCUT2D eigenvalue weighted by atomic mass is 9.77. The first-order valence-electron chi connectivity index (χ1n) is 8.63. The summed E-state index contributed by atoms with van der Waals surface area (Å²) in [6, 6.07) is 12.4. The van der Waals surface area contributed by atoms with Gasteiger partial charge in [-0.3, -0.25) is 4.79 Å². The minimum atomic E-state index is -4.54. The highest BCUT2D eigenvalue weighted by Gasteiger charge is 2.41. The number of halogens is 5. The molecule has 1 aliphatic rings. The van der Waals surface area contributed by atoms with Crippen molar-refractivity contribution in [3.8, 4) is 5.75 Å². The van der Waals surface area contributed by atoms with Gasteiger partial charge in [-0.15, -0.1) is 0 Å². The summed E-state index contributed by atoms with van der Waals surface area (Å²) in [5.41, 5.74) is 0.532. The van der Waals surface area contributed by atoms with Crippen molar-refractivity contribution in [2.45, 2.75) is 32.0 Å². The first-order valence-corrected chi connectivity index (χ1v) is 9.38. The van der Waals surface area contributed by atoms with Crippen molar-refractivity contribution in [2.24, 2.45) is 5.92 Å². The summed E-state index contributed by atoms with van der Waals surface area (Å²) in [4.78, 5) is 12.1. The number of hydrogen-bond acceptors (Lipinski definition) is 2. The largest absolute Gasteiger partial charge is 0.486 e. The monoisotopic (exact) mass is 428 g/mol. The van der Waals surface area contributed by atoms with E-state index in [9.17, 15) is 18.0 Å². The Kier molecular flexibility index (Phi) is 6.06. The average molecular weight is 429 g/mol. The Bertz CT molecular complexity index is 885. The van der Waals surface area contributed by atoms with Gasteiger partial charge in [0.25, 0.3) is 0 Å². The van der Waals surface area contributed by atoms with Crippen molar-refractivity contribution < 1.29 is 22.7 Å². The second-order valence-electron chi connectivity index (χ2n) is 6.74. The summed E-state index contributed by atoms with van der Waals surface area (Å²) in [6.45, 7) is 1.86. The van der Waals surface area contributed by atoms with Crippen molar-refractivity contribution in [1.82, 2.24) is 0 Å². The summed E-state index contributed by atoms with van der Waals surface area (Å²) in [6.07, 6.45) is -4.06. The molecule has 0 N–H and O–H groups in total. The third-order valence-electron chi connectivity index (χ3n) is 4.79. The maximum Gasteiger partial charge on any atom is 0.412 e. The van der Waals surface area contributed by atoms with Crippen LogP contribution in [0.4, 0.5) is 13.2 Å². The molecule has 0 aromatic heterocycles. The molecule has 3 rings (SSSR count). The summed E-state index contributed by atoms with van der Waals surface area (Å²) in [5.74, 6) is -1.56. The number of alkyl halides is 3. The molecule has 28 heavy (non-hydrogen) atoms. The van der Waals surface area contributed by atoms with E-state index in [1.807, 2.05) is 30.3 Å². The molecular formula is C21H17Cl2F3O2. The number of hydrogen-bond donors (Lipinski definition) is 0. The van der Waals surface area contributed by atoms with Crippen molar-refractivity contribution in [3.63, 3.8) is 0 Å². The number of carbonyl (C=O) groups is 1. The lowest BCUT2D eigenvalue weighted by Gasteiger charge is -2.28. The Morgan fingerprint density at radius 2 is 1.71 bits per heavy atom. The number of carbonyl (C=O) groups excluding carboxylic acids is 1. The topological polar surface area (TPSA) is 26.3 Å². The van der Waals surface area contributed by atoms with Gasteiger partial charge in [-0.1, -0.05) is 66.5 Å². The Morgan fingerprint density at radius 3 is 2.29 bits per heavy atom. The molecule has 2 atom stereocenters. The predicted molar refractivity (Wildman–Crippen MR) is 103 cm³/mol. The van der Waals surface area contributed by atoms with E-state index in [4.69, 9.17) is 27.9 Å². The van der Waals surface area contributed by atoms with Gasteiger partial charge in [-0.25, -0.2) is 0 Å². The number of ether oxygens (including phenoxy) is 1. The average Bonchev–Trinajstić information content (AvgIpc) is 2.63. The van der Waals surface area contributed by atoms with Crippen molar-refractivity contribution in [3.05, 3.63) is 75.3 Å². The fourth-order valence-corrected chi connectivity index (χ4v) is 3.80. The van der Waals surface area contributed by atoms with Crippen LogP contribution in [0.25, 0.3) is 0 Å². The highest BCUT2D eigenvalue weighted by Crippen LogP contribution is 2.43. The molecule has 0 fully saturated rings. The maximum absolute atomic E-state index is 13.1. The molecule has 0 heterocycles. The minimum Gasteiger partial charge on any atom is -0.486 e. The van der Waals surface area contributed by atoms with Crippen molar-refractivity contribution in [1.29, 1.82) is 0 Å². The van der Waals surface area contributed by atoms with E-state index in [-0.39, 0.29) is 22.4 Å². The zero-order valence-corrected chi connectivity index (χ0v) is 16.4. The molecule has 0 saturated heterocycles. The van der Waals surface area contributed by atoms with Crippen LogP contribution in [0.2, 0.25) is 10.0 Å². The highest BCUT2D eigenvalue weighted by molar-refractivity contribution is 6.37. The molecule has 0 radical (unpaired) electrons. The van der Waals surface area contributed by atoms with E-state index in [0.29, 0.717) is 5.56 Å². The van der Waals surface area contributed by atoms with Crippen LogP contribution < -0.4 is 4.74 Å². The molecular weight excluding hydrogens is 412 g/mol. The predicted octanol–water partition coefficient (Wildman–Crippen LogP) is 6.75. The fraction of sp³-hybridized carbons (Fsp3) is 0.286. The van der Waals surface area contributed by atoms with Crippen LogP contribution in [0.15, 0.2) is 54.1 Å².